The lowest BCUT2D eigenvalue weighted by Crippen LogP contribution is -2.58. The molecule has 2 aromatic carbocycles. The first-order valence-electron chi connectivity index (χ1n) is 7.02. The monoisotopic (exact) mass is 268 g/mol. The maximum absolute atomic E-state index is 6.54. The van der Waals surface area contributed by atoms with Crippen LogP contribution < -0.4 is 11.5 Å². The van der Waals surface area contributed by atoms with Crippen LogP contribution in [-0.4, -0.2) is 5.54 Å². The molecule has 2 aromatic rings. The van der Waals surface area contributed by atoms with E-state index in [4.69, 9.17) is 11.5 Å². The molecule has 0 aromatic heterocycles. The lowest BCUT2D eigenvalue weighted by Gasteiger charge is -2.40. The van der Waals surface area contributed by atoms with E-state index in [2.05, 4.69) is 42.5 Å². The third-order valence-electron chi connectivity index (χ3n) is 4.15. The van der Waals surface area contributed by atoms with Crippen LogP contribution in [0.3, 0.4) is 0 Å². The van der Waals surface area contributed by atoms with Gasteiger partial charge in [-0.3, -0.25) is 0 Å². The molecule has 106 valence electrons. The molecule has 0 saturated carbocycles. The molecule has 20 heavy (non-hydrogen) atoms. The number of hydrogen-bond donors (Lipinski definition) is 2. The first-order valence-corrected chi connectivity index (χ1v) is 7.02. The lowest BCUT2D eigenvalue weighted by atomic mass is 9.74. The largest absolute Gasteiger partial charge is 0.324 e. The van der Waals surface area contributed by atoms with Gasteiger partial charge in [0.1, 0.15) is 0 Å². The second-order valence-electron chi connectivity index (χ2n) is 6.24. The molecule has 1 atom stereocenters. The van der Waals surface area contributed by atoms with Crippen molar-refractivity contribution in [2.75, 3.05) is 0 Å². The van der Waals surface area contributed by atoms with Gasteiger partial charge in [0.05, 0.1) is 5.54 Å². The fourth-order valence-corrected chi connectivity index (χ4v) is 2.34. The van der Waals surface area contributed by atoms with Crippen LogP contribution in [0.15, 0.2) is 54.6 Å². The van der Waals surface area contributed by atoms with Crippen LogP contribution in [0.1, 0.15) is 37.5 Å². The van der Waals surface area contributed by atoms with Crippen molar-refractivity contribution in [1.82, 2.24) is 0 Å². The summed E-state index contributed by atoms with van der Waals surface area (Å²) in [5, 5.41) is 0. The number of nitrogens with two attached hydrogens (primary N) is 2. The van der Waals surface area contributed by atoms with Crippen molar-refractivity contribution >= 4 is 0 Å². The van der Waals surface area contributed by atoms with Crippen molar-refractivity contribution < 1.29 is 0 Å². The summed E-state index contributed by atoms with van der Waals surface area (Å²) >= 11 is 0. The second kappa shape index (κ2) is 5.39. The molecule has 0 aliphatic heterocycles. The Morgan fingerprint density at radius 3 is 1.95 bits per heavy atom. The highest BCUT2D eigenvalue weighted by Gasteiger charge is 2.37. The summed E-state index contributed by atoms with van der Waals surface area (Å²) in [6, 6.07) is 18.7. The first kappa shape index (κ1) is 14.8. The van der Waals surface area contributed by atoms with Crippen LogP contribution in [0.4, 0.5) is 0 Å². The third kappa shape index (κ3) is 2.92. The van der Waals surface area contributed by atoms with Gasteiger partial charge < -0.3 is 11.5 Å². The molecule has 1 unspecified atom stereocenters. The molecule has 0 heterocycles. The minimum absolute atomic E-state index is 0.486. The Balaban J connectivity index is 2.42. The van der Waals surface area contributed by atoms with E-state index in [-0.39, 0.29) is 0 Å². The van der Waals surface area contributed by atoms with E-state index in [1.165, 1.54) is 11.1 Å². The molecule has 0 spiro atoms. The standard InChI is InChI=1S/C18H24N2/c1-17(2,19)18(3,20)16-12-8-7-11-15(16)13-14-9-5-4-6-10-14/h4-12H,13,19-20H2,1-3H3. The molecular formula is C18H24N2. The van der Waals surface area contributed by atoms with Crippen molar-refractivity contribution in [3.05, 3.63) is 71.3 Å². The van der Waals surface area contributed by atoms with Crippen LogP contribution in [-0.2, 0) is 12.0 Å². The van der Waals surface area contributed by atoms with Crippen LogP contribution in [0.5, 0.6) is 0 Å². The summed E-state index contributed by atoms with van der Waals surface area (Å²) in [6.45, 7) is 5.97. The summed E-state index contributed by atoms with van der Waals surface area (Å²) in [4.78, 5) is 0. The van der Waals surface area contributed by atoms with Gasteiger partial charge >= 0.3 is 0 Å². The van der Waals surface area contributed by atoms with E-state index >= 15 is 0 Å². The first-order chi connectivity index (χ1) is 9.32. The summed E-state index contributed by atoms with van der Waals surface area (Å²) in [5.74, 6) is 0. The predicted octanol–water partition coefficient (Wildman–Crippen LogP) is 3.19. The number of rotatable bonds is 4. The summed E-state index contributed by atoms with van der Waals surface area (Å²) in [6.07, 6.45) is 0.875. The Bertz CT molecular complexity index is 565. The summed E-state index contributed by atoms with van der Waals surface area (Å²) in [7, 11) is 0. The smallest absolute Gasteiger partial charge is 0.0560 e. The fourth-order valence-electron chi connectivity index (χ4n) is 2.34. The highest BCUT2D eigenvalue weighted by atomic mass is 14.9. The van der Waals surface area contributed by atoms with E-state index < -0.39 is 11.1 Å². The summed E-state index contributed by atoms with van der Waals surface area (Å²) < 4.78 is 0. The van der Waals surface area contributed by atoms with Crippen molar-refractivity contribution in [2.24, 2.45) is 11.5 Å². The molecular weight excluding hydrogens is 244 g/mol. The Labute approximate surface area is 121 Å². The highest BCUT2D eigenvalue weighted by molar-refractivity contribution is 5.39. The Hall–Kier alpha value is -1.64. The highest BCUT2D eigenvalue weighted by Crippen LogP contribution is 2.31. The fraction of sp³-hybridized carbons (Fsp3) is 0.333. The molecule has 2 nitrogen and oxygen atoms in total. The normalized spacial score (nSPS) is 14.8. The Kier molecular flexibility index (Phi) is 3.98. The van der Waals surface area contributed by atoms with Gasteiger partial charge in [-0.1, -0.05) is 54.6 Å². The third-order valence-corrected chi connectivity index (χ3v) is 4.15. The maximum Gasteiger partial charge on any atom is 0.0560 e. The van der Waals surface area contributed by atoms with Crippen molar-refractivity contribution in [3.63, 3.8) is 0 Å². The molecule has 0 aliphatic rings. The van der Waals surface area contributed by atoms with E-state index in [0.717, 1.165) is 12.0 Å². The maximum atomic E-state index is 6.54. The quantitative estimate of drug-likeness (QED) is 0.894. The molecule has 2 heteroatoms. The number of hydrogen-bond acceptors (Lipinski definition) is 2. The molecule has 0 amide bonds. The van der Waals surface area contributed by atoms with Crippen molar-refractivity contribution in [1.29, 1.82) is 0 Å². The molecule has 0 bridgehead atoms. The van der Waals surface area contributed by atoms with Crippen LogP contribution in [0, 0.1) is 0 Å². The van der Waals surface area contributed by atoms with E-state index in [1.807, 2.05) is 32.9 Å². The molecule has 0 aliphatic carbocycles. The van der Waals surface area contributed by atoms with Crippen LogP contribution >= 0.6 is 0 Å². The van der Waals surface area contributed by atoms with Gasteiger partial charge in [0.2, 0.25) is 0 Å². The zero-order valence-corrected chi connectivity index (χ0v) is 12.6. The molecule has 4 N–H and O–H groups in total. The minimum atomic E-state index is -0.571. The van der Waals surface area contributed by atoms with Crippen LogP contribution in [0.2, 0.25) is 0 Å². The Morgan fingerprint density at radius 1 is 0.800 bits per heavy atom. The van der Waals surface area contributed by atoms with Crippen molar-refractivity contribution in [3.8, 4) is 0 Å². The zero-order chi connectivity index (χ0) is 14.8. The SMILES string of the molecule is CC(C)(N)C(C)(N)c1ccccc1Cc1ccccc1. The van der Waals surface area contributed by atoms with E-state index in [9.17, 15) is 0 Å². The minimum Gasteiger partial charge on any atom is -0.324 e. The van der Waals surface area contributed by atoms with Gasteiger partial charge in [0.25, 0.3) is 0 Å². The predicted molar refractivity (Wildman–Crippen MR) is 85.5 cm³/mol. The van der Waals surface area contributed by atoms with E-state index in [1.54, 1.807) is 0 Å². The lowest BCUT2D eigenvalue weighted by molar-refractivity contribution is 0.287. The molecule has 0 saturated heterocycles. The van der Waals surface area contributed by atoms with Gasteiger partial charge in [0.15, 0.2) is 0 Å². The van der Waals surface area contributed by atoms with Gasteiger partial charge in [-0.25, -0.2) is 0 Å². The van der Waals surface area contributed by atoms with Gasteiger partial charge in [-0.2, -0.15) is 0 Å². The van der Waals surface area contributed by atoms with E-state index in [0.29, 0.717) is 0 Å². The van der Waals surface area contributed by atoms with Gasteiger partial charge in [-0.05, 0) is 43.9 Å². The second-order valence-corrected chi connectivity index (χ2v) is 6.24. The van der Waals surface area contributed by atoms with Gasteiger partial charge in [-0.15, -0.1) is 0 Å². The molecule has 0 fully saturated rings. The summed E-state index contributed by atoms with van der Waals surface area (Å²) in [5.41, 5.74) is 15.4. The average Bonchev–Trinajstić information content (AvgIpc) is 2.39. The molecule has 2 rings (SSSR count). The topological polar surface area (TPSA) is 52.0 Å². The molecule has 0 radical (unpaired) electrons. The van der Waals surface area contributed by atoms with Crippen molar-refractivity contribution in [2.45, 2.75) is 38.3 Å². The Morgan fingerprint density at radius 2 is 1.35 bits per heavy atom. The van der Waals surface area contributed by atoms with Gasteiger partial charge in [0, 0.05) is 5.54 Å². The average molecular weight is 268 g/mol. The zero-order valence-electron chi connectivity index (χ0n) is 12.6. The number of benzene rings is 2. The van der Waals surface area contributed by atoms with Crippen LogP contribution in [0.25, 0.3) is 0 Å².